The zero-order valence-electron chi connectivity index (χ0n) is 9.91. The zero-order valence-corrected chi connectivity index (χ0v) is 11.3. The number of rotatable bonds is 5. The minimum absolute atomic E-state index is 0.163. The van der Waals surface area contributed by atoms with Crippen LogP contribution in [0.5, 0.6) is 0 Å². The molecule has 1 heterocycles. The summed E-state index contributed by atoms with van der Waals surface area (Å²) in [5.41, 5.74) is 0. The first-order valence-corrected chi connectivity index (χ1v) is 7.48. The third-order valence-electron chi connectivity index (χ3n) is 2.62. The van der Waals surface area contributed by atoms with Crippen LogP contribution in [-0.4, -0.2) is 47.6 Å². The number of hydrogen-bond acceptors (Lipinski definition) is 4. The molecular formula is C10H23NO3Si. The highest BCUT2D eigenvalue weighted by Crippen LogP contribution is 2.14. The molecule has 0 N–H and O–H groups in total. The fraction of sp³-hybridized carbons (Fsp3) is 1.00. The molecule has 0 bridgehead atoms. The van der Waals surface area contributed by atoms with E-state index in [1.54, 1.807) is 7.11 Å². The maximum atomic E-state index is 5.61. The highest BCUT2D eigenvalue weighted by molar-refractivity contribution is 6.31. The number of methoxy groups -OCH3 is 1. The molecule has 1 unspecified atom stereocenters. The van der Waals surface area contributed by atoms with Gasteiger partial charge in [0.2, 0.25) is 0 Å². The Kier molecular flexibility index (Phi) is 7.21. The Balaban J connectivity index is 2.24. The van der Waals surface area contributed by atoms with Gasteiger partial charge in [-0.15, -0.1) is 0 Å². The minimum Gasteiger partial charge on any atom is -0.359 e. The highest BCUT2D eigenvalue weighted by Gasteiger charge is 2.16. The first-order chi connectivity index (χ1) is 7.36. The van der Waals surface area contributed by atoms with E-state index in [1.807, 2.05) is 6.92 Å². The van der Waals surface area contributed by atoms with Crippen LogP contribution in [0.3, 0.4) is 0 Å². The van der Waals surface area contributed by atoms with Gasteiger partial charge in [0.05, 0.1) is 12.7 Å². The normalized spacial score (nSPS) is 26.4. The molecule has 90 valence electrons. The Hall–Kier alpha value is 0.0569. The summed E-state index contributed by atoms with van der Waals surface area (Å²) < 4.78 is 12.7. The van der Waals surface area contributed by atoms with Gasteiger partial charge in [0, 0.05) is 13.7 Å². The fourth-order valence-electron chi connectivity index (χ4n) is 1.85. The fourth-order valence-corrected chi connectivity index (χ4v) is 3.43. The minimum atomic E-state index is -0.163. The van der Waals surface area contributed by atoms with Gasteiger partial charge in [0.1, 0.15) is 16.5 Å². The van der Waals surface area contributed by atoms with Crippen molar-refractivity contribution in [3.63, 3.8) is 0 Å². The van der Waals surface area contributed by atoms with Crippen molar-refractivity contribution in [2.75, 3.05) is 27.1 Å². The molecule has 5 heteroatoms. The largest absolute Gasteiger partial charge is 0.359 e. The summed E-state index contributed by atoms with van der Waals surface area (Å²) >= 11 is 0. The van der Waals surface area contributed by atoms with Crippen molar-refractivity contribution >= 4 is 9.68 Å². The van der Waals surface area contributed by atoms with E-state index < -0.39 is 0 Å². The van der Waals surface area contributed by atoms with Crippen LogP contribution >= 0.6 is 0 Å². The van der Waals surface area contributed by atoms with Gasteiger partial charge in [0.25, 0.3) is 0 Å². The van der Waals surface area contributed by atoms with E-state index in [4.69, 9.17) is 14.3 Å². The van der Waals surface area contributed by atoms with E-state index in [0.29, 0.717) is 12.9 Å². The van der Waals surface area contributed by atoms with Crippen molar-refractivity contribution in [2.24, 2.45) is 0 Å². The number of hydrogen-bond donors (Lipinski definition) is 0. The monoisotopic (exact) mass is 233 g/mol. The maximum absolute atomic E-state index is 5.61. The molecule has 15 heavy (non-hydrogen) atoms. The molecule has 0 aromatic rings. The predicted octanol–water partition coefficient (Wildman–Crippen LogP) is 0.915. The van der Waals surface area contributed by atoms with Crippen LogP contribution in [0.4, 0.5) is 0 Å². The molecule has 0 aromatic carbocycles. The van der Waals surface area contributed by atoms with Crippen LogP contribution in [0, 0.1) is 0 Å². The molecule has 1 atom stereocenters. The van der Waals surface area contributed by atoms with Crippen molar-refractivity contribution in [1.29, 1.82) is 0 Å². The molecule has 0 aliphatic carbocycles. The Bertz CT molecular complexity index is 158. The summed E-state index contributed by atoms with van der Waals surface area (Å²) in [7, 11) is 1.51. The Labute approximate surface area is 94.7 Å². The molecule has 1 aliphatic rings. The van der Waals surface area contributed by atoms with Crippen LogP contribution in [-0.2, 0) is 14.3 Å². The van der Waals surface area contributed by atoms with Crippen molar-refractivity contribution < 1.29 is 14.3 Å². The van der Waals surface area contributed by atoms with Gasteiger partial charge in [-0.3, -0.25) is 0 Å². The molecule has 0 saturated carbocycles. The van der Waals surface area contributed by atoms with E-state index in [1.165, 1.54) is 18.9 Å². The lowest BCUT2D eigenvalue weighted by Crippen LogP contribution is -2.34. The van der Waals surface area contributed by atoms with Crippen LogP contribution in [0.15, 0.2) is 0 Å². The van der Waals surface area contributed by atoms with Crippen LogP contribution in [0.2, 0.25) is 6.04 Å². The third-order valence-corrected chi connectivity index (χ3v) is 4.43. The average Bonchev–Trinajstić information content (AvgIpc) is 2.22. The van der Waals surface area contributed by atoms with Gasteiger partial charge in [-0.1, -0.05) is 6.42 Å². The van der Waals surface area contributed by atoms with Crippen molar-refractivity contribution in [3.8, 4) is 0 Å². The van der Waals surface area contributed by atoms with Crippen LogP contribution in [0.1, 0.15) is 26.2 Å². The summed E-state index contributed by atoms with van der Waals surface area (Å²) in [5.74, 6) is 0. The molecule has 1 rings (SSSR count). The lowest BCUT2D eigenvalue weighted by molar-refractivity contribution is -0.110. The van der Waals surface area contributed by atoms with Crippen LogP contribution in [0.25, 0.3) is 0 Å². The molecule has 0 spiro atoms. The molecule has 0 amide bonds. The summed E-state index contributed by atoms with van der Waals surface area (Å²) in [6, 6.07) is 1.33. The third kappa shape index (κ3) is 5.63. The number of nitrogens with zero attached hydrogens (tertiary/aromatic N) is 1. The molecular weight excluding hydrogens is 210 g/mol. The van der Waals surface area contributed by atoms with Gasteiger partial charge in [-0.25, -0.2) is 4.73 Å². The van der Waals surface area contributed by atoms with E-state index in [2.05, 4.69) is 4.73 Å². The summed E-state index contributed by atoms with van der Waals surface area (Å²) in [6.07, 6.45) is 3.86. The predicted molar refractivity (Wildman–Crippen MR) is 62.3 cm³/mol. The molecule has 1 fully saturated rings. The van der Waals surface area contributed by atoms with Gasteiger partial charge in [0.15, 0.2) is 0 Å². The maximum Gasteiger partial charge on any atom is 0.146 e. The zero-order chi connectivity index (χ0) is 10.9. The first kappa shape index (κ1) is 13.1. The smallest absolute Gasteiger partial charge is 0.146 e. The van der Waals surface area contributed by atoms with Gasteiger partial charge in [-0.05, 0) is 25.8 Å². The van der Waals surface area contributed by atoms with Crippen molar-refractivity contribution in [3.05, 3.63) is 0 Å². The Morgan fingerprint density at radius 1 is 1.40 bits per heavy atom. The van der Waals surface area contributed by atoms with Gasteiger partial charge < -0.3 is 14.3 Å². The summed E-state index contributed by atoms with van der Waals surface area (Å²) in [4.78, 5) is 5.58. The second-order valence-electron chi connectivity index (χ2n) is 3.83. The topological polar surface area (TPSA) is 30.9 Å². The first-order valence-electron chi connectivity index (χ1n) is 5.85. The lowest BCUT2D eigenvalue weighted by Gasteiger charge is -2.27. The summed E-state index contributed by atoms with van der Waals surface area (Å²) in [6.45, 7) is 4.27. The van der Waals surface area contributed by atoms with E-state index in [0.717, 1.165) is 19.6 Å². The SMILES string of the molecule is CCON1CCC(OCOC)CCC[SiH2]1. The molecule has 0 radical (unpaired) electrons. The molecule has 4 nitrogen and oxygen atoms in total. The van der Waals surface area contributed by atoms with Crippen LogP contribution < -0.4 is 0 Å². The quantitative estimate of drug-likeness (QED) is 0.522. The second-order valence-corrected chi connectivity index (χ2v) is 5.69. The Morgan fingerprint density at radius 3 is 3.00 bits per heavy atom. The highest BCUT2D eigenvalue weighted by atomic mass is 28.2. The standard InChI is InChI=1S/C10H23NO3Si/c1-3-14-11-7-6-10(13-9-12-2)5-4-8-15-11/h10H,3-9,15H2,1-2H3. The summed E-state index contributed by atoms with van der Waals surface area (Å²) in [5, 5.41) is 0. The van der Waals surface area contributed by atoms with Crippen molar-refractivity contribution in [1.82, 2.24) is 4.73 Å². The molecule has 1 aliphatic heterocycles. The van der Waals surface area contributed by atoms with E-state index in [-0.39, 0.29) is 9.68 Å². The van der Waals surface area contributed by atoms with Gasteiger partial charge in [-0.2, -0.15) is 0 Å². The average molecular weight is 233 g/mol. The van der Waals surface area contributed by atoms with E-state index in [9.17, 15) is 0 Å². The molecule has 0 aromatic heterocycles. The second kappa shape index (κ2) is 8.24. The number of ether oxygens (including phenoxy) is 2. The molecule has 1 saturated heterocycles. The number of hydroxylamine groups is 1. The lowest BCUT2D eigenvalue weighted by atomic mass is 10.1. The van der Waals surface area contributed by atoms with E-state index >= 15 is 0 Å². The van der Waals surface area contributed by atoms with Crippen molar-refractivity contribution in [2.45, 2.75) is 38.3 Å². The van der Waals surface area contributed by atoms with Gasteiger partial charge >= 0.3 is 0 Å². The Morgan fingerprint density at radius 2 is 2.27 bits per heavy atom.